The van der Waals surface area contributed by atoms with Gasteiger partial charge in [-0.05, 0) is 37.1 Å². The Morgan fingerprint density at radius 3 is 3.05 bits per heavy atom. The van der Waals surface area contributed by atoms with Gasteiger partial charge in [-0.3, -0.25) is 9.69 Å². The Bertz CT molecular complexity index is 456. The van der Waals surface area contributed by atoms with E-state index >= 15 is 0 Å². The summed E-state index contributed by atoms with van der Waals surface area (Å²) in [7, 11) is 1.64. The number of halogens is 1. The van der Waals surface area contributed by atoms with Crippen LogP contribution in [-0.2, 0) is 11.3 Å². The number of carbonyl (C=O) groups excluding carboxylic acids is 1. The summed E-state index contributed by atoms with van der Waals surface area (Å²) in [6, 6.07) is 7.91. The van der Waals surface area contributed by atoms with Gasteiger partial charge in [0.05, 0.1) is 13.7 Å². The lowest BCUT2D eigenvalue weighted by atomic mass is 10.1. The van der Waals surface area contributed by atoms with Crippen LogP contribution in [-0.4, -0.2) is 43.6 Å². The maximum absolute atomic E-state index is 11.9. The molecule has 1 aromatic carbocycles. The van der Waals surface area contributed by atoms with E-state index in [1.165, 1.54) is 0 Å². The summed E-state index contributed by atoms with van der Waals surface area (Å²) in [5.74, 6) is 0.848. The van der Waals surface area contributed by atoms with Crippen molar-refractivity contribution in [2.45, 2.75) is 25.4 Å². The van der Waals surface area contributed by atoms with Crippen molar-refractivity contribution in [2.24, 2.45) is 5.73 Å². The van der Waals surface area contributed by atoms with E-state index < -0.39 is 0 Å². The van der Waals surface area contributed by atoms with Crippen LogP contribution in [0.5, 0.6) is 5.75 Å². The van der Waals surface area contributed by atoms with Gasteiger partial charge in [-0.1, -0.05) is 12.1 Å². The van der Waals surface area contributed by atoms with Crippen LogP contribution < -0.4 is 15.8 Å². The number of benzene rings is 1. The molecule has 2 rings (SSSR count). The number of nitrogens with zero attached hydrogens (tertiary/aromatic N) is 1. The fraction of sp³-hybridized carbons (Fsp3) is 0.533. The summed E-state index contributed by atoms with van der Waals surface area (Å²) in [5, 5.41) is 2.94. The molecule has 3 N–H and O–H groups in total. The number of carbonyl (C=O) groups is 1. The molecule has 0 bridgehead atoms. The highest BCUT2D eigenvalue weighted by Crippen LogP contribution is 2.12. The maximum atomic E-state index is 11.9. The van der Waals surface area contributed by atoms with Crippen LogP contribution in [0.25, 0.3) is 0 Å². The standard InChI is InChI=1S/C15H23N3O2.ClH/c1-20-14-6-2-4-12(8-14)9-17-15(19)11-18-7-3-5-13(16)10-18;/h2,4,6,8,13H,3,5,7,9-11,16H2,1H3,(H,17,19);1H/t13-;/m1./s1. The first kappa shape index (κ1) is 17.8. The summed E-state index contributed by atoms with van der Waals surface area (Å²) in [4.78, 5) is 14.0. The van der Waals surface area contributed by atoms with Crippen molar-refractivity contribution >= 4 is 18.3 Å². The van der Waals surface area contributed by atoms with Crippen molar-refractivity contribution in [3.63, 3.8) is 0 Å². The topological polar surface area (TPSA) is 67.6 Å². The van der Waals surface area contributed by atoms with Gasteiger partial charge in [-0.15, -0.1) is 12.4 Å². The lowest BCUT2D eigenvalue weighted by Gasteiger charge is -2.29. The molecule has 1 aliphatic heterocycles. The van der Waals surface area contributed by atoms with Crippen molar-refractivity contribution in [1.82, 2.24) is 10.2 Å². The number of methoxy groups -OCH3 is 1. The van der Waals surface area contributed by atoms with Gasteiger partial charge in [0.15, 0.2) is 0 Å². The molecule has 1 saturated heterocycles. The quantitative estimate of drug-likeness (QED) is 0.856. The van der Waals surface area contributed by atoms with Crippen LogP contribution in [0.1, 0.15) is 18.4 Å². The highest BCUT2D eigenvalue weighted by molar-refractivity contribution is 5.85. The van der Waals surface area contributed by atoms with E-state index in [0.717, 1.165) is 37.2 Å². The number of nitrogens with one attached hydrogen (secondary N) is 1. The molecule has 0 saturated carbocycles. The van der Waals surface area contributed by atoms with Gasteiger partial charge in [0.2, 0.25) is 5.91 Å². The SMILES string of the molecule is COc1cccc(CNC(=O)CN2CCC[C@@H](N)C2)c1.Cl. The van der Waals surface area contributed by atoms with Crippen LogP contribution in [0.4, 0.5) is 0 Å². The summed E-state index contributed by atoms with van der Waals surface area (Å²) in [5.41, 5.74) is 6.95. The zero-order valence-corrected chi connectivity index (χ0v) is 13.2. The summed E-state index contributed by atoms with van der Waals surface area (Å²) < 4.78 is 5.16. The molecule has 1 amide bonds. The van der Waals surface area contributed by atoms with E-state index in [0.29, 0.717) is 13.1 Å². The Balaban J connectivity index is 0.00000220. The molecule has 1 aromatic rings. The molecule has 21 heavy (non-hydrogen) atoms. The molecular formula is C15H24ClN3O2. The molecule has 1 heterocycles. The molecule has 0 spiro atoms. The minimum absolute atomic E-state index is 0. The van der Waals surface area contributed by atoms with Crippen molar-refractivity contribution < 1.29 is 9.53 Å². The minimum Gasteiger partial charge on any atom is -0.497 e. The average molecular weight is 314 g/mol. The molecule has 0 aromatic heterocycles. The predicted octanol–water partition coefficient (Wildman–Crippen LogP) is 1.16. The van der Waals surface area contributed by atoms with Gasteiger partial charge in [0, 0.05) is 19.1 Å². The molecule has 1 atom stereocenters. The van der Waals surface area contributed by atoms with Crippen LogP contribution in [0, 0.1) is 0 Å². The second-order valence-corrected chi connectivity index (χ2v) is 5.27. The van der Waals surface area contributed by atoms with E-state index in [1.807, 2.05) is 24.3 Å². The maximum Gasteiger partial charge on any atom is 0.234 e. The van der Waals surface area contributed by atoms with Crippen molar-refractivity contribution in [3.8, 4) is 5.75 Å². The zero-order chi connectivity index (χ0) is 14.4. The first-order chi connectivity index (χ1) is 9.67. The highest BCUT2D eigenvalue weighted by Gasteiger charge is 2.18. The molecule has 6 heteroatoms. The average Bonchev–Trinajstić information content (AvgIpc) is 2.45. The van der Waals surface area contributed by atoms with Crippen molar-refractivity contribution in [3.05, 3.63) is 29.8 Å². The van der Waals surface area contributed by atoms with Crippen LogP contribution in [0.15, 0.2) is 24.3 Å². The lowest BCUT2D eigenvalue weighted by Crippen LogP contribution is -2.46. The minimum atomic E-state index is 0. The number of rotatable bonds is 5. The predicted molar refractivity (Wildman–Crippen MR) is 85.7 cm³/mol. The molecule has 0 aliphatic carbocycles. The second kappa shape index (κ2) is 8.87. The number of hydrogen-bond donors (Lipinski definition) is 2. The van der Waals surface area contributed by atoms with E-state index in [4.69, 9.17) is 10.5 Å². The molecule has 0 radical (unpaired) electrons. The van der Waals surface area contributed by atoms with Crippen molar-refractivity contribution in [2.75, 3.05) is 26.7 Å². The smallest absolute Gasteiger partial charge is 0.234 e. The number of amides is 1. The van der Waals surface area contributed by atoms with E-state index in [1.54, 1.807) is 7.11 Å². The van der Waals surface area contributed by atoms with E-state index in [9.17, 15) is 4.79 Å². The lowest BCUT2D eigenvalue weighted by molar-refractivity contribution is -0.122. The molecule has 5 nitrogen and oxygen atoms in total. The molecular weight excluding hydrogens is 290 g/mol. The third-order valence-electron chi connectivity index (χ3n) is 3.53. The van der Waals surface area contributed by atoms with Gasteiger partial charge < -0.3 is 15.8 Å². The first-order valence-corrected chi connectivity index (χ1v) is 7.05. The highest BCUT2D eigenvalue weighted by atomic mass is 35.5. The van der Waals surface area contributed by atoms with Gasteiger partial charge in [-0.25, -0.2) is 0 Å². The van der Waals surface area contributed by atoms with Crippen molar-refractivity contribution in [1.29, 1.82) is 0 Å². The van der Waals surface area contributed by atoms with E-state index in [2.05, 4.69) is 10.2 Å². The Labute approximate surface area is 132 Å². The van der Waals surface area contributed by atoms with Crippen LogP contribution in [0.3, 0.4) is 0 Å². The molecule has 0 unspecified atom stereocenters. The summed E-state index contributed by atoms with van der Waals surface area (Å²) in [6.07, 6.45) is 2.13. The monoisotopic (exact) mass is 313 g/mol. The number of ether oxygens (including phenoxy) is 1. The number of likely N-dealkylation sites (tertiary alicyclic amines) is 1. The summed E-state index contributed by atoms with van der Waals surface area (Å²) in [6.45, 7) is 2.72. The third-order valence-corrected chi connectivity index (χ3v) is 3.53. The van der Waals surface area contributed by atoms with Crippen LogP contribution >= 0.6 is 12.4 Å². The Hall–Kier alpha value is -1.30. The Kier molecular flexibility index (Phi) is 7.50. The second-order valence-electron chi connectivity index (χ2n) is 5.27. The van der Waals surface area contributed by atoms with Gasteiger partial charge >= 0.3 is 0 Å². The largest absolute Gasteiger partial charge is 0.497 e. The number of nitrogens with two attached hydrogens (primary N) is 1. The zero-order valence-electron chi connectivity index (χ0n) is 12.4. The van der Waals surface area contributed by atoms with Gasteiger partial charge in [0.25, 0.3) is 0 Å². The number of piperidine rings is 1. The summed E-state index contributed by atoms with van der Waals surface area (Å²) >= 11 is 0. The molecule has 118 valence electrons. The number of hydrogen-bond acceptors (Lipinski definition) is 4. The normalized spacial score (nSPS) is 18.7. The van der Waals surface area contributed by atoms with Gasteiger partial charge in [0.1, 0.15) is 5.75 Å². The van der Waals surface area contributed by atoms with Gasteiger partial charge in [-0.2, -0.15) is 0 Å². The van der Waals surface area contributed by atoms with Crippen LogP contribution in [0.2, 0.25) is 0 Å². The Morgan fingerprint density at radius 1 is 1.52 bits per heavy atom. The fourth-order valence-corrected chi connectivity index (χ4v) is 2.48. The fourth-order valence-electron chi connectivity index (χ4n) is 2.48. The third kappa shape index (κ3) is 5.91. The molecule has 1 aliphatic rings. The first-order valence-electron chi connectivity index (χ1n) is 7.05. The Morgan fingerprint density at radius 2 is 2.33 bits per heavy atom. The molecule has 1 fully saturated rings. The van der Waals surface area contributed by atoms with E-state index in [-0.39, 0.29) is 24.4 Å².